The summed E-state index contributed by atoms with van der Waals surface area (Å²) in [4.78, 5) is 27.8. The summed E-state index contributed by atoms with van der Waals surface area (Å²) in [5.41, 5.74) is 4.81. The van der Waals surface area contributed by atoms with Crippen molar-refractivity contribution in [3.05, 3.63) is 21.6 Å². The Bertz CT molecular complexity index is 478. The van der Waals surface area contributed by atoms with Crippen LogP contribution in [0.1, 0.15) is 12.8 Å². The molecule has 2 rings (SSSR count). The first-order valence-electron chi connectivity index (χ1n) is 5.32. The topological polar surface area (TPSA) is 135 Å². The van der Waals surface area contributed by atoms with Crippen LogP contribution in [0.5, 0.6) is 0 Å². The molecule has 0 aromatic carbocycles. The monoisotopic (exact) mass is 289 g/mol. The molecular weight excluding hydrogens is 278 g/mol. The van der Waals surface area contributed by atoms with E-state index in [0.717, 1.165) is 32.1 Å². The van der Waals surface area contributed by atoms with Crippen LogP contribution in [0.4, 0.5) is 16.3 Å². The molecular formula is C9H12ClN5O4. The van der Waals surface area contributed by atoms with Crippen molar-refractivity contribution in [2.75, 3.05) is 18.8 Å². The lowest BCUT2D eigenvalue weighted by Gasteiger charge is -2.07. The second-order valence-electron chi connectivity index (χ2n) is 3.64. The second kappa shape index (κ2) is 6.69. The molecule has 0 saturated carbocycles. The Hall–Kier alpha value is -2.16. The number of nitrogens with two attached hydrogens (primary N) is 1. The number of aromatic nitrogens is 2. The van der Waals surface area contributed by atoms with Gasteiger partial charge >= 0.3 is 11.8 Å². The zero-order valence-corrected chi connectivity index (χ0v) is 10.6. The van der Waals surface area contributed by atoms with Crippen LogP contribution in [-0.2, 0) is 0 Å². The maximum Gasteiger partial charge on any atom is 0.407 e. The third-order valence-electron chi connectivity index (χ3n) is 2.34. The van der Waals surface area contributed by atoms with E-state index < -0.39 is 11.0 Å². The highest BCUT2D eigenvalue weighted by Crippen LogP contribution is 2.17. The fourth-order valence-corrected chi connectivity index (χ4v) is 1.56. The van der Waals surface area contributed by atoms with E-state index >= 15 is 0 Å². The Kier molecular flexibility index (Phi) is 5.24. The average Bonchev–Trinajstić information content (AvgIpc) is 2.82. The van der Waals surface area contributed by atoms with E-state index in [4.69, 9.17) is 22.4 Å². The van der Waals surface area contributed by atoms with E-state index in [9.17, 15) is 14.9 Å². The standard InChI is InChI=1S/C5H9NO2.C4H3ClN4O2/c7-5(8)6-3-1-2-4-6;5-4-7-1-2(9(10)11)3(6)8-4/h1-4H2,(H,7,8);1H,(H2,6,7,8). The van der Waals surface area contributed by atoms with Gasteiger partial charge in [-0.15, -0.1) is 0 Å². The van der Waals surface area contributed by atoms with E-state index in [0.29, 0.717) is 0 Å². The van der Waals surface area contributed by atoms with Crippen LogP contribution in [0.25, 0.3) is 0 Å². The van der Waals surface area contributed by atoms with Crippen molar-refractivity contribution in [3.8, 4) is 0 Å². The number of likely N-dealkylation sites (tertiary alicyclic amines) is 1. The molecule has 0 unspecified atom stereocenters. The van der Waals surface area contributed by atoms with Gasteiger partial charge in [-0.1, -0.05) is 0 Å². The Labute approximate surface area is 113 Å². The van der Waals surface area contributed by atoms with Crippen LogP contribution in [0.3, 0.4) is 0 Å². The molecule has 1 aromatic heterocycles. The molecule has 1 saturated heterocycles. The number of rotatable bonds is 1. The summed E-state index contributed by atoms with van der Waals surface area (Å²) < 4.78 is 0. The zero-order valence-electron chi connectivity index (χ0n) is 9.82. The first kappa shape index (κ1) is 14.9. The molecule has 104 valence electrons. The summed E-state index contributed by atoms with van der Waals surface area (Å²) in [6, 6.07) is 0. The first-order chi connectivity index (χ1) is 8.91. The average molecular weight is 290 g/mol. The van der Waals surface area contributed by atoms with Gasteiger partial charge in [-0.2, -0.15) is 4.98 Å². The van der Waals surface area contributed by atoms with E-state index in [1.54, 1.807) is 0 Å². The van der Waals surface area contributed by atoms with Crippen LogP contribution >= 0.6 is 11.6 Å². The van der Waals surface area contributed by atoms with Crippen molar-refractivity contribution < 1.29 is 14.8 Å². The molecule has 2 heterocycles. The maximum atomic E-state index is 10.1. The molecule has 19 heavy (non-hydrogen) atoms. The highest BCUT2D eigenvalue weighted by molar-refractivity contribution is 6.28. The SMILES string of the molecule is Nc1nc(Cl)ncc1[N+](=O)[O-].O=C(O)N1CCCC1. The lowest BCUT2D eigenvalue weighted by molar-refractivity contribution is -0.384. The quantitative estimate of drug-likeness (QED) is 0.453. The lowest BCUT2D eigenvalue weighted by Crippen LogP contribution is -2.25. The third-order valence-corrected chi connectivity index (χ3v) is 2.52. The molecule has 1 aliphatic heterocycles. The number of hydrogen-bond acceptors (Lipinski definition) is 6. The van der Waals surface area contributed by atoms with E-state index in [1.807, 2.05) is 0 Å². The summed E-state index contributed by atoms with van der Waals surface area (Å²) in [5, 5.41) is 18.4. The predicted octanol–water partition coefficient (Wildman–Crippen LogP) is 1.38. The number of halogens is 1. The molecule has 0 bridgehead atoms. The molecule has 1 aromatic rings. The Morgan fingerprint density at radius 3 is 2.47 bits per heavy atom. The number of carboxylic acid groups (broad SMARTS) is 1. The van der Waals surface area contributed by atoms with Gasteiger partial charge in [0.25, 0.3) is 0 Å². The van der Waals surface area contributed by atoms with Gasteiger partial charge < -0.3 is 15.7 Å². The largest absolute Gasteiger partial charge is 0.465 e. The Morgan fingerprint density at radius 2 is 2.11 bits per heavy atom. The van der Waals surface area contributed by atoms with Crippen LogP contribution in [0.15, 0.2) is 6.20 Å². The smallest absolute Gasteiger partial charge is 0.407 e. The predicted molar refractivity (Wildman–Crippen MR) is 66.9 cm³/mol. The fraction of sp³-hybridized carbons (Fsp3) is 0.444. The minimum absolute atomic E-state index is 0.104. The van der Waals surface area contributed by atoms with Crippen LogP contribution in [0, 0.1) is 10.1 Å². The van der Waals surface area contributed by atoms with Crippen molar-refractivity contribution in [2.45, 2.75) is 12.8 Å². The molecule has 0 aliphatic carbocycles. The van der Waals surface area contributed by atoms with Gasteiger partial charge in [-0.3, -0.25) is 10.1 Å². The van der Waals surface area contributed by atoms with Gasteiger partial charge in [0.05, 0.1) is 4.92 Å². The summed E-state index contributed by atoms with van der Waals surface area (Å²) in [6.07, 6.45) is 2.26. The number of carbonyl (C=O) groups is 1. The zero-order chi connectivity index (χ0) is 14.4. The molecule has 1 amide bonds. The summed E-state index contributed by atoms with van der Waals surface area (Å²) in [5.74, 6) is -0.227. The maximum absolute atomic E-state index is 10.1. The highest BCUT2D eigenvalue weighted by Gasteiger charge is 2.15. The molecule has 0 radical (unpaired) electrons. The third kappa shape index (κ3) is 4.54. The van der Waals surface area contributed by atoms with Crippen molar-refractivity contribution >= 4 is 29.2 Å². The normalized spacial score (nSPS) is 13.6. The number of hydrogen-bond donors (Lipinski definition) is 2. The van der Waals surface area contributed by atoms with Gasteiger partial charge in [0, 0.05) is 13.1 Å². The van der Waals surface area contributed by atoms with Crippen LogP contribution < -0.4 is 5.73 Å². The van der Waals surface area contributed by atoms with Crippen LogP contribution in [-0.4, -0.2) is 44.1 Å². The number of nitrogens with zero attached hydrogens (tertiary/aromatic N) is 4. The van der Waals surface area contributed by atoms with Crippen molar-refractivity contribution in [1.29, 1.82) is 0 Å². The van der Waals surface area contributed by atoms with Gasteiger partial charge in [0.2, 0.25) is 11.1 Å². The van der Waals surface area contributed by atoms with Crippen molar-refractivity contribution in [2.24, 2.45) is 0 Å². The van der Waals surface area contributed by atoms with Crippen LogP contribution in [0.2, 0.25) is 5.28 Å². The first-order valence-corrected chi connectivity index (χ1v) is 5.70. The number of anilines is 1. The number of nitro groups is 1. The highest BCUT2D eigenvalue weighted by atomic mass is 35.5. The minimum atomic E-state index is -0.775. The second-order valence-corrected chi connectivity index (χ2v) is 3.98. The number of nitrogen functional groups attached to an aromatic ring is 1. The van der Waals surface area contributed by atoms with E-state index in [-0.39, 0.29) is 16.8 Å². The summed E-state index contributed by atoms with van der Waals surface area (Å²) in [6.45, 7) is 1.46. The van der Waals surface area contributed by atoms with Gasteiger partial charge in [0.1, 0.15) is 6.20 Å². The van der Waals surface area contributed by atoms with E-state index in [1.165, 1.54) is 4.90 Å². The Balaban J connectivity index is 0.000000200. The lowest BCUT2D eigenvalue weighted by atomic mass is 10.4. The molecule has 10 heteroatoms. The molecule has 0 atom stereocenters. The molecule has 1 fully saturated rings. The van der Waals surface area contributed by atoms with Gasteiger partial charge in [-0.05, 0) is 24.4 Å². The number of amides is 1. The van der Waals surface area contributed by atoms with Crippen molar-refractivity contribution in [3.63, 3.8) is 0 Å². The van der Waals surface area contributed by atoms with Crippen molar-refractivity contribution in [1.82, 2.24) is 14.9 Å². The summed E-state index contributed by atoms with van der Waals surface area (Å²) in [7, 11) is 0. The molecule has 0 spiro atoms. The van der Waals surface area contributed by atoms with E-state index in [2.05, 4.69) is 9.97 Å². The fourth-order valence-electron chi connectivity index (χ4n) is 1.42. The summed E-state index contributed by atoms with van der Waals surface area (Å²) >= 11 is 5.30. The molecule has 1 aliphatic rings. The molecule has 3 N–H and O–H groups in total. The minimum Gasteiger partial charge on any atom is -0.465 e. The Morgan fingerprint density at radius 1 is 1.53 bits per heavy atom. The molecule has 9 nitrogen and oxygen atoms in total. The van der Waals surface area contributed by atoms with Gasteiger partial charge in [0.15, 0.2) is 0 Å². The van der Waals surface area contributed by atoms with Gasteiger partial charge in [-0.25, -0.2) is 9.78 Å².